The molecule has 1 aliphatic heterocycles. The molecule has 1 unspecified atom stereocenters. The van der Waals surface area contributed by atoms with Crippen LogP contribution >= 0.6 is 0 Å². The van der Waals surface area contributed by atoms with Gasteiger partial charge in [-0.25, -0.2) is 8.78 Å². The molecule has 0 saturated heterocycles. The fraction of sp³-hybridized carbons (Fsp3) is 0.192. The van der Waals surface area contributed by atoms with Crippen molar-refractivity contribution in [2.45, 2.75) is 25.4 Å². The topological polar surface area (TPSA) is 78.5 Å². The zero-order valence-corrected chi connectivity index (χ0v) is 18.6. The van der Waals surface area contributed by atoms with Crippen molar-refractivity contribution in [2.24, 2.45) is 0 Å². The molecular weight excluding hydrogens is 440 g/mol. The van der Waals surface area contributed by atoms with Crippen molar-refractivity contribution in [3.8, 4) is 11.1 Å². The van der Waals surface area contributed by atoms with Gasteiger partial charge in [0.05, 0.1) is 13.5 Å². The van der Waals surface area contributed by atoms with Crippen molar-refractivity contribution in [3.63, 3.8) is 0 Å². The second-order valence-corrected chi connectivity index (χ2v) is 8.08. The minimum Gasteiger partial charge on any atom is -0.344 e. The Labute approximate surface area is 197 Å². The maximum absolute atomic E-state index is 13.6. The third kappa shape index (κ3) is 4.66. The lowest BCUT2D eigenvalue weighted by Crippen LogP contribution is -2.49. The smallest absolute Gasteiger partial charge is 0.253 e. The van der Waals surface area contributed by atoms with E-state index in [9.17, 15) is 23.2 Å². The molecule has 0 aliphatic carbocycles. The maximum Gasteiger partial charge on any atom is 0.253 e. The van der Waals surface area contributed by atoms with E-state index >= 15 is 0 Å². The molecular formula is C26H23F2N3O3. The second-order valence-electron chi connectivity index (χ2n) is 8.08. The third-order valence-corrected chi connectivity index (χ3v) is 5.67. The van der Waals surface area contributed by atoms with Crippen molar-refractivity contribution >= 4 is 23.4 Å². The molecule has 0 fully saturated rings. The number of fused-ring (bicyclic) bond motifs is 3. The Bertz CT molecular complexity index is 1330. The van der Waals surface area contributed by atoms with Crippen LogP contribution in [0.5, 0.6) is 0 Å². The van der Waals surface area contributed by atoms with Crippen LogP contribution in [0.15, 0.2) is 66.7 Å². The van der Waals surface area contributed by atoms with Gasteiger partial charge in [0, 0.05) is 18.7 Å². The number of anilines is 1. The van der Waals surface area contributed by atoms with E-state index in [1.54, 1.807) is 19.2 Å². The molecule has 2 N–H and O–H groups in total. The highest BCUT2D eigenvalue weighted by Crippen LogP contribution is 2.39. The third-order valence-electron chi connectivity index (χ3n) is 5.67. The van der Waals surface area contributed by atoms with Gasteiger partial charge in [-0.1, -0.05) is 42.5 Å². The lowest BCUT2D eigenvalue weighted by atomic mass is 9.95. The first-order valence-electron chi connectivity index (χ1n) is 11.2. The van der Waals surface area contributed by atoms with Gasteiger partial charge >= 0.3 is 0 Å². The predicted octanol–water partition coefficient (Wildman–Crippen LogP) is 3.51. The summed E-state index contributed by atoms with van der Waals surface area (Å²) in [6.07, 6.45) is -0.478. The van der Waals surface area contributed by atoms with Gasteiger partial charge in [0.2, 0.25) is 11.8 Å². The Hall–Kier alpha value is -4.07. The molecule has 0 saturated carbocycles. The quantitative estimate of drug-likeness (QED) is 0.605. The van der Waals surface area contributed by atoms with Crippen LogP contribution in [0.2, 0.25) is 0 Å². The number of hydrogen-bond donors (Lipinski definition) is 2. The van der Waals surface area contributed by atoms with Crippen LogP contribution in [0.3, 0.4) is 0 Å². The molecule has 8 heteroatoms. The molecule has 34 heavy (non-hydrogen) atoms. The van der Waals surface area contributed by atoms with Crippen LogP contribution in [-0.2, 0) is 20.8 Å². The molecule has 3 aromatic rings. The van der Waals surface area contributed by atoms with Crippen molar-refractivity contribution < 1.29 is 24.5 Å². The Morgan fingerprint density at radius 3 is 2.50 bits per heavy atom. The number of nitrogens with zero attached hydrogens (tertiary/aromatic N) is 1. The first-order chi connectivity index (χ1) is 16.7. The molecule has 1 heterocycles. The number of carbonyl (C=O) groups is 3. The molecule has 0 radical (unpaired) electrons. The van der Waals surface area contributed by atoms with E-state index in [2.05, 4.69) is 10.6 Å². The van der Waals surface area contributed by atoms with Crippen LogP contribution < -0.4 is 15.5 Å². The van der Waals surface area contributed by atoms with Gasteiger partial charge in [-0.3, -0.25) is 14.4 Å². The van der Waals surface area contributed by atoms with Gasteiger partial charge in [-0.05, 0) is 41.8 Å². The summed E-state index contributed by atoms with van der Waals surface area (Å²) >= 11 is 0. The molecule has 6 nitrogen and oxygen atoms in total. The van der Waals surface area contributed by atoms with Crippen molar-refractivity contribution in [2.75, 3.05) is 11.9 Å². The number of benzene rings is 3. The average molecular weight is 465 g/mol. The van der Waals surface area contributed by atoms with E-state index in [1.807, 2.05) is 36.4 Å². The fourth-order valence-corrected chi connectivity index (χ4v) is 4.02. The van der Waals surface area contributed by atoms with E-state index in [0.29, 0.717) is 17.3 Å². The molecule has 1 aliphatic rings. The van der Waals surface area contributed by atoms with Gasteiger partial charge in [-0.2, -0.15) is 0 Å². The fourth-order valence-electron chi connectivity index (χ4n) is 4.02. The largest absolute Gasteiger partial charge is 0.344 e. The van der Waals surface area contributed by atoms with Crippen LogP contribution in [0.1, 0.15) is 25.5 Å². The summed E-state index contributed by atoms with van der Waals surface area (Å²) in [7, 11) is 1.63. The van der Waals surface area contributed by atoms with Crippen molar-refractivity contribution in [3.05, 3.63) is 89.5 Å². The van der Waals surface area contributed by atoms with E-state index < -0.39 is 48.0 Å². The molecule has 4 rings (SSSR count). The average Bonchev–Trinajstić information content (AvgIpc) is 2.92. The highest BCUT2D eigenvalue weighted by molar-refractivity contribution is 6.06. The summed E-state index contributed by atoms with van der Waals surface area (Å²) in [4.78, 5) is 40.2. The van der Waals surface area contributed by atoms with Crippen LogP contribution in [0.25, 0.3) is 11.1 Å². The number of nitrogens with one attached hydrogen (secondary N) is 2. The lowest BCUT2D eigenvalue weighted by molar-refractivity contribution is -0.130. The molecule has 174 valence electrons. The summed E-state index contributed by atoms with van der Waals surface area (Å²) in [5, 5.41) is 5.19. The maximum atomic E-state index is 13.6. The first-order valence-corrected chi connectivity index (χ1v) is 10.7. The zero-order chi connectivity index (χ0) is 25.3. The number of para-hydroxylation sites is 1. The zero-order valence-electron chi connectivity index (χ0n) is 19.6. The molecule has 0 aromatic heterocycles. The van der Waals surface area contributed by atoms with E-state index in [-0.39, 0.29) is 11.5 Å². The van der Waals surface area contributed by atoms with Crippen LogP contribution in [0, 0.1) is 11.6 Å². The minimum atomic E-state index is -1.07. The number of hydrogen-bond acceptors (Lipinski definition) is 3. The summed E-state index contributed by atoms with van der Waals surface area (Å²) in [6.45, 7) is 1.44. The molecule has 0 bridgehead atoms. The molecule has 3 amide bonds. The molecule has 0 spiro atoms. The number of likely N-dealkylation sites (N-methyl/N-ethyl adjacent to an activating group) is 1. The van der Waals surface area contributed by atoms with Gasteiger partial charge in [0.1, 0.15) is 23.7 Å². The lowest BCUT2D eigenvalue weighted by Gasteiger charge is -2.24. The highest BCUT2D eigenvalue weighted by atomic mass is 19.1. The highest BCUT2D eigenvalue weighted by Gasteiger charge is 2.34. The summed E-state index contributed by atoms with van der Waals surface area (Å²) in [6, 6.07) is 13.6. The van der Waals surface area contributed by atoms with Crippen LogP contribution in [-0.4, -0.2) is 30.8 Å². The van der Waals surface area contributed by atoms with Gasteiger partial charge < -0.3 is 15.5 Å². The molecule has 2 atom stereocenters. The second kappa shape index (κ2) is 9.43. The van der Waals surface area contributed by atoms with E-state index in [4.69, 9.17) is 1.37 Å². The number of amides is 3. The van der Waals surface area contributed by atoms with Gasteiger partial charge in [0.25, 0.3) is 5.91 Å². The Balaban J connectivity index is 1.52. The summed E-state index contributed by atoms with van der Waals surface area (Å²) < 4.78 is 34.7. The minimum absolute atomic E-state index is 0.139. The Morgan fingerprint density at radius 2 is 1.74 bits per heavy atom. The predicted molar refractivity (Wildman–Crippen MR) is 124 cm³/mol. The van der Waals surface area contributed by atoms with Gasteiger partial charge in [0.15, 0.2) is 0 Å². The van der Waals surface area contributed by atoms with E-state index in [0.717, 1.165) is 17.2 Å². The molecule has 3 aromatic carbocycles. The standard InChI is InChI=1S/C26H23F2N3O3/c1-15(29-23(32)13-16-11-17(27)14-18(28)12-16)25(33)30-24-21-9-4-3-7-19(21)20-8-5-6-10-22(20)31(2)26(24)34/h3-12,14-15,24H,13H2,1-2H3,(H,29,32)(H,30,33)/t15-,24?/m0/s1/i11T. The first kappa shape index (κ1) is 21.8. The van der Waals surface area contributed by atoms with Crippen LogP contribution in [0.4, 0.5) is 14.5 Å². The number of carbonyl (C=O) groups excluding carboxylic acids is 3. The van der Waals surface area contributed by atoms with E-state index in [1.165, 1.54) is 11.8 Å². The number of halogens is 2. The number of rotatable bonds is 5. The van der Waals surface area contributed by atoms with Crippen molar-refractivity contribution in [1.29, 1.82) is 0 Å². The normalized spacial score (nSPS) is 16.0. The Morgan fingerprint density at radius 1 is 1.06 bits per heavy atom. The Kier molecular flexibility index (Phi) is 6.03. The summed E-state index contributed by atoms with van der Waals surface area (Å²) in [5.74, 6) is -3.62. The SMILES string of the molecule is [3H]c1c(F)cc(F)cc1CC(=O)N[C@@H](C)C(=O)NC1C(=O)N(C)c2ccccc2-c2ccccc21. The van der Waals surface area contributed by atoms with Crippen molar-refractivity contribution in [1.82, 2.24) is 10.6 Å². The summed E-state index contributed by atoms with van der Waals surface area (Å²) in [5.41, 5.74) is 2.84. The monoisotopic (exact) mass is 465 g/mol. The van der Waals surface area contributed by atoms with Gasteiger partial charge in [-0.15, -0.1) is 0 Å².